The lowest BCUT2D eigenvalue weighted by molar-refractivity contribution is -0.376. The molecule has 1 aromatic carbocycles. The van der Waals surface area contributed by atoms with Crippen molar-refractivity contribution in [1.82, 2.24) is 0 Å². The zero-order chi connectivity index (χ0) is 15.6. The number of aliphatic hydroxyl groups is 1. The summed E-state index contributed by atoms with van der Waals surface area (Å²) >= 11 is 0. The minimum absolute atomic E-state index is 0.445. The first kappa shape index (κ1) is 16.6. The van der Waals surface area contributed by atoms with Crippen LogP contribution >= 0.6 is 0 Å². The highest BCUT2D eigenvalue weighted by Crippen LogP contribution is 2.49. The molecule has 7 heteroatoms. The molecule has 0 aromatic heterocycles. The van der Waals surface area contributed by atoms with E-state index in [1.165, 1.54) is 0 Å². The van der Waals surface area contributed by atoms with Crippen LogP contribution in [0.4, 0.5) is 26.3 Å². The third kappa shape index (κ3) is 2.98. The predicted molar refractivity (Wildman–Crippen MR) is 61.0 cm³/mol. The van der Waals surface area contributed by atoms with E-state index in [-0.39, 0.29) is 0 Å². The molecule has 0 aliphatic heterocycles. The van der Waals surface area contributed by atoms with Gasteiger partial charge in [-0.25, -0.2) is 0 Å². The summed E-state index contributed by atoms with van der Waals surface area (Å²) in [5, 5.41) is 9.16. The molecule has 0 aliphatic carbocycles. The molecule has 0 heterocycles. The Morgan fingerprint density at radius 2 is 1.40 bits per heavy atom. The SMILES string of the molecule is C=CCCc1ccc(C(O)(C(F)(F)F)C(F)(F)F)cc1. The lowest BCUT2D eigenvalue weighted by Gasteiger charge is -2.32. The predicted octanol–water partition coefficient (Wildman–Crippen LogP) is 4.12. The van der Waals surface area contributed by atoms with Crippen LogP contribution in [0.5, 0.6) is 0 Å². The van der Waals surface area contributed by atoms with Crippen LogP contribution in [0.25, 0.3) is 0 Å². The van der Waals surface area contributed by atoms with Gasteiger partial charge in [0.1, 0.15) is 0 Å². The zero-order valence-corrected chi connectivity index (χ0v) is 10.2. The maximum Gasteiger partial charge on any atom is 0.430 e. The fraction of sp³-hybridized carbons (Fsp3) is 0.385. The molecule has 20 heavy (non-hydrogen) atoms. The van der Waals surface area contributed by atoms with Crippen LogP contribution in [0.1, 0.15) is 17.5 Å². The summed E-state index contributed by atoms with van der Waals surface area (Å²) in [6, 6.07) is 3.53. The van der Waals surface area contributed by atoms with Gasteiger partial charge in [-0.15, -0.1) is 6.58 Å². The number of hydrogen-bond donors (Lipinski definition) is 1. The van der Waals surface area contributed by atoms with Crippen molar-refractivity contribution in [3.63, 3.8) is 0 Å². The Morgan fingerprint density at radius 3 is 1.75 bits per heavy atom. The molecular weight excluding hydrogens is 286 g/mol. The van der Waals surface area contributed by atoms with Gasteiger partial charge in [-0.05, 0) is 18.4 Å². The Morgan fingerprint density at radius 1 is 0.950 bits per heavy atom. The summed E-state index contributed by atoms with van der Waals surface area (Å²) in [5.41, 5.74) is -5.56. The molecule has 1 nitrogen and oxygen atoms in total. The Kier molecular flexibility index (Phi) is 4.53. The largest absolute Gasteiger partial charge is 0.430 e. The number of benzene rings is 1. The van der Waals surface area contributed by atoms with E-state index in [2.05, 4.69) is 6.58 Å². The second-order valence-electron chi connectivity index (χ2n) is 4.23. The summed E-state index contributed by atoms with van der Waals surface area (Å²) in [6.45, 7) is 3.46. The molecule has 1 N–H and O–H groups in total. The van der Waals surface area contributed by atoms with Crippen molar-refractivity contribution >= 4 is 0 Å². The maximum absolute atomic E-state index is 12.6. The zero-order valence-electron chi connectivity index (χ0n) is 10.2. The average molecular weight is 298 g/mol. The number of alkyl halides is 6. The summed E-state index contributed by atoms with van der Waals surface area (Å²) in [5.74, 6) is 0. The smallest absolute Gasteiger partial charge is 0.369 e. The second-order valence-corrected chi connectivity index (χ2v) is 4.23. The van der Waals surface area contributed by atoms with Gasteiger partial charge in [0.2, 0.25) is 0 Å². The molecule has 1 rings (SSSR count). The molecule has 0 radical (unpaired) electrons. The quantitative estimate of drug-likeness (QED) is 0.655. The highest BCUT2D eigenvalue weighted by Gasteiger charge is 2.71. The molecule has 0 fully saturated rings. The molecule has 0 saturated heterocycles. The van der Waals surface area contributed by atoms with Crippen LogP contribution in [0, 0.1) is 0 Å². The van der Waals surface area contributed by atoms with E-state index in [4.69, 9.17) is 5.11 Å². The summed E-state index contributed by atoms with van der Waals surface area (Å²) < 4.78 is 75.6. The van der Waals surface area contributed by atoms with Crippen molar-refractivity contribution in [2.24, 2.45) is 0 Å². The van der Waals surface area contributed by atoms with E-state index >= 15 is 0 Å². The van der Waals surface area contributed by atoms with Gasteiger partial charge in [-0.1, -0.05) is 30.3 Å². The molecule has 0 amide bonds. The lowest BCUT2D eigenvalue weighted by atomic mass is 9.91. The lowest BCUT2D eigenvalue weighted by Crippen LogP contribution is -2.53. The molecule has 0 bridgehead atoms. The van der Waals surface area contributed by atoms with E-state index in [0.717, 1.165) is 12.1 Å². The Balaban J connectivity index is 3.20. The molecule has 0 spiro atoms. The van der Waals surface area contributed by atoms with Crippen LogP contribution in [-0.4, -0.2) is 17.5 Å². The fourth-order valence-corrected chi connectivity index (χ4v) is 1.67. The fourth-order valence-electron chi connectivity index (χ4n) is 1.67. The van der Waals surface area contributed by atoms with Crippen molar-refractivity contribution in [3.05, 3.63) is 48.0 Å². The molecular formula is C13H12F6O. The Labute approximate surface area is 111 Å². The van der Waals surface area contributed by atoms with E-state index in [1.807, 2.05) is 0 Å². The van der Waals surface area contributed by atoms with Crippen LogP contribution in [0.3, 0.4) is 0 Å². The van der Waals surface area contributed by atoms with Crippen molar-refractivity contribution < 1.29 is 31.4 Å². The van der Waals surface area contributed by atoms with Crippen molar-refractivity contribution in [3.8, 4) is 0 Å². The summed E-state index contributed by atoms with van der Waals surface area (Å²) in [6.07, 6.45) is -9.14. The minimum Gasteiger partial charge on any atom is -0.369 e. The van der Waals surface area contributed by atoms with Gasteiger partial charge in [0.15, 0.2) is 0 Å². The normalized spacial score (nSPS) is 13.3. The van der Waals surface area contributed by atoms with Gasteiger partial charge >= 0.3 is 12.4 Å². The summed E-state index contributed by atoms with van der Waals surface area (Å²) in [4.78, 5) is 0. The highest BCUT2D eigenvalue weighted by molar-refractivity contribution is 5.30. The third-order valence-corrected chi connectivity index (χ3v) is 2.83. The molecule has 0 atom stereocenters. The highest BCUT2D eigenvalue weighted by atomic mass is 19.4. The molecule has 0 aliphatic rings. The monoisotopic (exact) mass is 298 g/mol. The number of hydrogen-bond acceptors (Lipinski definition) is 1. The number of aryl methyl sites for hydroxylation is 1. The Bertz CT molecular complexity index is 443. The number of halogens is 6. The molecule has 0 saturated carbocycles. The van der Waals surface area contributed by atoms with Gasteiger partial charge in [-0.2, -0.15) is 26.3 Å². The van der Waals surface area contributed by atoms with Crippen LogP contribution in [-0.2, 0) is 12.0 Å². The second kappa shape index (κ2) is 5.47. The van der Waals surface area contributed by atoms with Gasteiger partial charge < -0.3 is 5.11 Å². The molecule has 112 valence electrons. The standard InChI is InChI=1S/C13H12F6O/c1-2-3-4-9-5-7-10(8-6-9)11(20,12(14,15)16)13(17,18)19/h2,5-8,20H,1,3-4H2. The third-order valence-electron chi connectivity index (χ3n) is 2.83. The number of rotatable bonds is 4. The van der Waals surface area contributed by atoms with Gasteiger partial charge in [0.05, 0.1) is 0 Å². The van der Waals surface area contributed by atoms with Gasteiger partial charge in [0.25, 0.3) is 5.60 Å². The Hall–Kier alpha value is -1.50. The topological polar surface area (TPSA) is 20.2 Å². The van der Waals surface area contributed by atoms with Crippen molar-refractivity contribution in [2.75, 3.05) is 0 Å². The molecule has 1 aromatic rings. The average Bonchev–Trinajstić information content (AvgIpc) is 2.33. The molecule has 0 unspecified atom stereocenters. The van der Waals surface area contributed by atoms with Crippen LogP contribution in [0.2, 0.25) is 0 Å². The van der Waals surface area contributed by atoms with Crippen LogP contribution in [0.15, 0.2) is 36.9 Å². The maximum atomic E-state index is 12.6. The van der Waals surface area contributed by atoms with Crippen molar-refractivity contribution in [1.29, 1.82) is 0 Å². The summed E-state index contributed by atoms with van der Waals surface area (Å²) in [7, 11) is 0. The number of allylic oxidation sites excluding steroid dienone is 1. The first-order chi connectivity index (χ1) is 9.04. The van der Waals surface area contributed by atoms with E-state index < -0.39 is 23.5 Å². The first-order valence-corrected chi connectivity index (χ1v) is 5.60. The van der Waals surface area contributed by atoms with Gasteiger partial charge in [0, 0.05) is 5.56 Å². The minimum atomic E-state index is -5.85. The first-order valence-electron chi connectivity index (χ1n) is 5.60. The van der Waals surface area contributed by atoms with E-state index in [1.54, 1.807) is 6.08 Å². The van der Waals surface area contributed by atoms with Crippen molar-refractivity contribution in [2.45, 2.75) is 30.8 Å². The van der Waals surface area contributed by atoms with Crippen LogP contribution < -0.4 is 0 Å². The van der Waals surface area contributed by atoms with E-state index in [0.29, 0.717) is 30.5 Å². The van der Waals surface area contributed by atoms with Gasteiger partial charge in [-0.3, -0.25) is 0 Å². The van der Waals surface area contributed by atoms with E-state index in [9.17, 15) is 26.3 Å².